The van der Waals surface area contributed by atoms with E-state index in [0.717, 1.165) is 45.6 Å². The fourth-order valence-corrected chi connectivity index (χ4v) is 5.20. The Morgan fingerprint density at radius 1 is 1.21 bits per heavy atom. The minimum absolute atomic E-state index is 0.0919. The Kier molecular flexibility index (Phi) is 5.55. The van der Waals surface area contributed by atoms with E-state index < -0.39 is 0 Å². The van der Waals surface area contributed by atoms with Crippen molar-refractivity contribution in [2.75, 3.05) is 51.8 Å². The zero-order valence-electron chi connectivity index (χ0n) is 18.0. The number of piperidine rings is 1. The van der Waals surface area contributed by atoms with Crippen LogP contribution >= 0.6 is 0 Å². The van der Waals surface area contributed by atoms with Crippen LogP contribution in [0.5, 0.6) is 11.8 Å². The Morgan fingerprint density at radius 2 is 1.86 bits per heavy atom. The molecule has 0 saturated carbocycles. The van der Waals surface area contributed by atoms with Crippen LogP contribution in [0.4, 0.5) is 5.95 Å². The molecule has 4 rings (SSSR count). The molecule has 3 saturated heterocycles. The molecule has 3 aliphatic heterocycles. The maximum Gasteiger partial charge on any atom is 0.231 e. The lowest BCUT2D eigenvalue weighted by Gasteiger charge is -2.42. The Labute approximate surface area is 173 Å². The number of ether oxygens (including phenoxy) is 2. The molecule has 160 valence electrons. The van der Waals surface area contributed by atoms with Gasteiger partial charge >= 0.3 is 0 Å². The van der Waals surface area contributed by atoms with Crippen LogP contribution < -0.4 is 19.7 Å². The number of hydrogen-bond donors (Lipinski definition) is 1. The van der Waals surface area contributed by atoms with E-state index in [2.05, 4.69) is 38.9 Å². The van der Waals surface area contributed by atoms with E-state index in [1.54, 1.807) is 20.3 Å². The van der Waals surface area contributed by atoms with Gasteiger partial charge < -0.3 is 24.6 Å². The molecule has 0 unspecified atom stereocenters. The zero-order valence-corrected chi connectivity index (χ0v) is 18.0. The topological polar surface area (TPSA) is 79.8 Å². The molecule has 1 spiro atoms. The van der Waals surface area contributed by atoms with Gasteiger partial charge in [0.2, 0.25) is 23.6 Å². The monoisotopic (exact) mass is 403 g/mol. The molecule has 3 aliphatic rings. The Hall–Kier alpha value is -2.09. The first-order valence-corrected chi connectivity index (χ1v) is 10.7. The molecular weight excluding hydrogens is 370 g/mol. The molecular formula is C21H33N5O3. The van der Waals surface area contributed by atoms with Gasteiger partial charge in [0.1, 0.15) is 0 Å². The molecule has 4 heterocycles. The van der Waals surface area contributed by atoms with Crippen LogP contribution in [0.1, 0.15) is 33.1 Å². The lowest BCUT2D eigenvalue weighted by molar-refractivity contribution is -0.123. The molecule has 3 atom stereocenters. The Balaban J connectivity index is 1.45. The van der Waals surface area contributed by atoms with Gasteiger partial charge in [0.15, 0.2) is 0 Å². The fourth-order valence-electron chi connectivity index (χ4n) is 5.20. The zero-order chi connectivity index (χ0) is 20.6. The quantitative estimate of drug-likeness (QED) is 0.772. The van der Waals surface area contributed by atoms with Crippen molar-refractivity contribution in [3.05, 3.63) is 6.07 Å². The number of likely N-dealkylation sites (tertiary alicyclic amines) is 1. The number of hydrogen-bond acceptors (Lipinski definition) is 7. The third kappa shape index (κ3) is 3.74. The number of aromatic nitrogens is 2. The summed E-state index contributed by atoms with van der Waals surface area (Å²) in [5.74, 6) is 3.09. The van der Waals surface area contributed by atoms with E-state index in [9.17, 15) is 4.79 Å². The van der Waals surface area contributed by atoms with Crippen molar-refractivity contribution in [2.45, 2.75) is 38.6 Å². The maximum absolute atomic E-state index is 12.7. The van der Waals surface area contributed by atoms with E-state index in [-0.39, 0.29) is 17.4 Å². The lowest BCUT2D eigenvalue weighted by atomic mass is 9.75. The molecule has 8 heteroatoms. The number of amides is 1. The van der Waals surface area contributed by atoms with Gasteiger partial charge in [0.25, 0.3) is 0 Å². The van der Waals surface area contributed by atoms with Gasteiger partial charge in [0.05, 0.1) is 26.2 Å². The van der Waals surface area contributed by atoms with Crippen molar-refractivity contribution in [1.82, 2.24) is 20.2 Å². The standard InChI is InChI=1S/C21H33N5O3/c1-5-14(2)11-25-12-15-16(13-25)21(24-19(15)27)6-8-26(9-7-21)20-22-17(28-3)10-18(23-20)29-4/h10,14-16H,5-9,11-13H2,1-4H3,(H,24,27)/t14-,15+,16-/m0/s1. The van der Waals surface area contributed by atoms with Crippen LogP contribution in [0.15, 0.2) is 6.07 Å². The molecule has 0 radical (unpaired) electrons. The summed E-state index contributed by atoms with van der Waals surface area (Å²) in [6.45, 7) is 9.18. The first-order valence-electron chi connectivity index (χ1n) is 10.7. The first-order chi connectivity index (χ1) is 14.0. The number of anilines is 1. The van der Waals surface area contributed by atoms with Gasteiger partial charge in [-0.2, -0.15) is 9.97 Å². The lowest BCUT2D eigenvalue weighted by Crippen LogP contribution is -2.55. The van der Waals surface area contributed by atoms with E-state index >= 15 is 0 Å². The number of fused-ring (bicyclic) bond motifs is 2. The smallest absolute Gasteiger partial charge is 0.231 e. The van der Waals surface area contributed by atoms with Crippen LogP contribution in [-0.4, -0.2) is 73.3 Å². The summed E-state index contributed by atoms with van der Waals surface area (Å²) in [5, 5.41) is 3.39. The Bertz CT molecular complexity index is 728. The van der Waals surface area contributed by atoms with Crippen molar-refractivity contribution in [3.8, 4) is 11.8 Å². The summed E-state index contributed by atoms with van der Waals surface area (Å²) in [5.41, 5.74) is -0.0919. The van der Waals surface area contributed by atoms with Crippen LogP contribution in [0.25, 0.3) is 0 Å². The molecule has 29 heavy (non-hydrogen) atoms. The van der Waals surface area contributed by atoms with Crippen molar-refractivity contribution < 1.29 is 14.3 Å². The highest BCUT2D eigenvalue weighted by Crippen LogP contribution is 2.44. The van der Waals surface area contributed by atoms with Crippen LogP contribution in [-0.2, 0) is 4.79 Å². The maximum atomic E-state index is 12.7. The molecule has 0 aromatic carbocycles. The van der Waals surface area contributed by atoms with Crippen LogP contribution in [0.3, 0.4) is 0 Å². The molecule has 1 aromatic heterocycles. The second-order valence-electron chi connectivity index (χ2n) is 8.83. The highest BCUT2D eigenvalue weighted by Gasteiger charge is 2.57. The fraction of sp³-hybridized carbons (Fsp3) is 0.762. The van der Waals surface area contributed by atoms with Crippen molar-refractivity contribution in [3.63, 3.8) is 0 Å². The molecule has 0 bridgehead atoms. The van der Waals surface area contributed by atoms with Gasteiger partial charge in [-0.25, -0.2) is 0 Å². The third-order valence-corrected chi connectivity index (χ3v) is 7.11. The number of carbonyl (C=O) groups excluding carboxylic acids is 1. The summed E-state index contributed by atoms with van der Waals surface area (Å²) < 4.78 is 10.6. The van der Waals surface area contributed by atoms with Gasteiger partial charge in [0, 0.05) is 44.2 Å². The average molecular weight is 404 g/mol. The van der Waals surface area contributed by atoms with Crippen molar-refractivity contribution in [1.29, 1.82) is 0 Å². The minimum atomic E-state index is -0.0919. The van der Waals surface area contributed by atoms with Gasteiger partial charge in [-0.1, -0.05) is 20.3 Å². The first kappa shape index (κ1) is 20.2. The van der Waals surface area contributed by atoms with Crippen molar-refractivity contribution >= 4 is 11.9 Å². The summed E-state index contributed by atoms with van der Waals surface area (Å²) in [7, 11) is 3.19. The van der Waals surface area contributed by atoms with E-state index in [1.165, 1.54) is 6.42 Å². The van der Waals surface area contributed by atoms with E-state index in [4.69, 9.17) is 9.47 Å². The number of nitrogens with one attached hydrogen (secondary N) is 1. The number of carbonyl (C=O) groups is 1. The number of nitrogens with zero attached hydrogens (tertiary/aromatic N) is 4. The molecule has 1 N–H and O–H groups in total. The molecule has 3 fully saturated rings. The van der Waals surface area contributed by atoms with Crippen LogP contribution in [0.2, 0.25) is 0 Å². The number of methoxy groups -OCH3 is 2. The minimum Gasteiger partial charge on any atom is -0.481 e. The number of rotatable bonds is 6. The molecule has 8 nitrogen and oxygen atoms in total. The van der Waals surface area contributed by atoms with E-state index in [1.807, 2.05) is 0 Å². The summed E-state index contributed by atoms with van der Waals surface area (Å²) in [4.78, 5) is 26.4. The van der Waals surface area contributed by atoms with Crippen LogP contribution in [0, 0.1) is 17.8 Å². The van der Waals surface area contributed by atoms with Crippen molar-refractivity contribution in [2.24, 2.45) is 17.8 Å². The summed E-state index contributed by atoms with van der Waals surface area (Å²) in [6, 6.07) is 1.68. The average Bonchev–Trinajstić information content (AvgIpc) is 3.27. The van der Waals surface area contributed by atoms with Gasteiger partial charge in [-0.15, -0.1) is 0 Å². The second kappa shape index (κ2) is 7.97. The SMILES string of the molecule is CC[C@H](C)CN1C[C@H]2C(=O)NC3(CCN(c4nc(OC)cc(OC)n4)CC3)[C@H]2C1. The summed E-state index contributed by atoms with van der Waals surface area (Å²) >= 11 is 0. The molecule has 1 aromatic rings. The molecule has 1 amide bonds. The van der Waals surface area contributed by atoms with Gasteiger partial charge in [-0.3, -0.25) is 4.79 Å². The largest absolute Gasteiger partial charge is 0.481 e. The normalized spacial score (nSPS) is 27.0. The van der Waals surface area contributed by atoms with E-state index in [0.29, 0.717) is 29.5 Å². The predicted octanol–water partition coefficient (Wildman–Crippen LogP) is 1.56. The Morgan fingerprint density at radius 3 is 2.45 bits per heavy atom. The highest BCUT2D eigenvalue weighted by molar-refractivity contribution is 5.83. The highest BCUT2D eigenvalue weighted by atomic mass is 16.5. The molecule has 0 aliphatic carbocycles. The second-order valence-corrected chi connectivity index (χ2v) is 8.83. The van der Waals surface area contributed by atoms with Gasteiger partial charge in [-0.05, 0) is 18.8 Å². The third-order valence-electron chi connectivity index (χ3n) is 7.11. The summed E-state index contributed by atoms with van der Waals surface area (Å²) in [6.07, 6.45) is 3.02. The predicted molar refractivity (Wildman–Crippen MR) is 110 cm³/mol.